The molecule has 5 nitrogen and oxygen atoms in total. The van der Waals surface area contributed by atoms with E-state index < -0.39 is 0 Å². The molecule has 2 heterocycles. The second-order valence-electron chi connectivity index (χ2n) is 10.6. The third-order valence-corrected chi connectivity index (χ3v) is 8.77. The molecule has 1 saturated carbocycles. The van der Waals surface area contributed by atoms with E-state index in [-0.39, 0.29) is 5.91 Å². The van der Waals surface area contributed by atoms with E-state index in [1.807, 2.05) is 6.07 Å². The summed E-state index contributed by atoms with van der Waals surface area (Å²) < 4.78 is 5.60. The predicted octanol–water partition coefficient (Wildman–Crippen LogP) is 6.00. The van der Waals surface area contributed by atoms with Gasteiger partial charge in [-0.3, -0.25) is 9.52 Å². The molecule has 1 aliphatic heterocycles. The smallest absolute Gasteiger partial charge is 0.261 e. The summed E-state index contributed by atoms with van der Waals surface area (Å²) in [6, 6.07) is 17.3. The van der Waals surface area contributed by atoms with E-state index in [1.165, 1.54) is 71.8 Å². The third kappa shape index (κ3) is 5.66. The van der Waals surface area contributed by atoms with Crippen LogP contribution in [0.25, 0.3) is 22.2 Å². The molecule has 0 saturated heterocycles. The van der Waals surface area contributed by atoms with Gasteiger partial charge in [-0.05, 0) is 69.1 Å². The van der Waals surface area contributed by atoms with Crippen molar-refractivity contribution in [2.24, 2.45) is 0 Å². The first-order chi connectivity index (χ1) is 17.6. The van der Waals surface area contributed by atoms with Crippen LogP contribution in [-0.2, 0) is 6.54 Å². The first kappa shape index (κ1) is 25.4. The second-order valence-corrected chi connectivity index (χ2v) is 11.5. The summed E-state index contributed by atoms with van der Waals surface area (Å²) >= 11 is 1.53. The molecule has 2 aromatic carbocycles. The number of benzene rings is 2. The quantitative estimate of drug-likeness (QED) is 0.435. The first-order valence-electron chi connectivity index (χ1n) is 13.6. The molecule has 36 heavy (non-hydrogen) atoms. The number of fused-ring (bicyclic) bond motifs is 1. The molecule has 1 aromatic heterocycles. The molecule has 2 bridgehead atoms. The van der Waals surface area contributed by atoms with Crippen molar-refractivity contribution in [3.05, 3.63) is 59.7 Å². The number of aromatic nitrogens is 1. The highest BCUT2D eigenvalue weighted by atomic mass is 32.2. The van der Waals surface area contributed by atoms with Crippen LogP contribution in [0.3, 0.4) is 0 Å². The zero-order chi connectivity index (χ0) is 24.9. The molecule has 1 N–H and O–H groups in total. The zero-order valence-electron chi connectivity index (χ0n) is 21.8. The fourth-order valence-electron chi connectivity index (χ4n) is 5.88. The average Bonchev–Trinajstić information content (AvgIpc) is 3.24. The summed E-state index contributed by atoms with van der Waals surface area (Å²) in [5.41, 5.74) is 6.09. The van der Waals surface area contributed by atoms with Crippen molar-refractivity contribution in [1.82, 2.24) is 19.1 Å². The minimum Gasteiger partial charge on any atom is -0.339 e. The molecule has 6 heteroatoms. The molecule has 0 unspecified atom stereocenters. The van der Waals surface area contributed by atoms with Gasteiger partial charge in [-0.25, -0.2) is 0 Å². The van der Waals surface area contributed by atoms with Crippen LogP contribution < -0.4 is 4.72 Å². The van der Waals surface area contributed by atoms with Crippen molar-refractivity contribution in [3.63, 3.8) is 0 Å². The predicted molar refractivity (Wildman–Crippen MR) is 153 cm³/mol. The number of carbonyl (C=O) groups excluding carboxylic acids is 1. The Hall–Kier alpha value is -2.28. The van der Waals surface area contributed by atoms with E-state index in [0.29, 0.717) is 5.92 Å². The average molecular weight is 505 g/mol. The van der Waals surface area contributed by atoms with Gasteiger partial charge in [0.25, 0.3) is 5.91 Å². The molecule has 0 atom stereocenters. The SMILES string of the molecule is CN1CCCSNC(=O)c2ccc3c(C4CCCCC4)c(-c4ccccc4)n(c3c2)CCN(C)CC1. The highest BCUT2D eigenvalue weighted by Gasteiger charge is 2.27. The van der Waals surface area contributed by atoms with E-state index in [9.17, 15) is 4.79 Å². The van der Waals surface area contributed by atoms with Crippen LogP contribution in [0, 0.1) is 0 Å². The van der Waals surface area contributed by atoms with Gasteiger partial charge in [-0.2, -0.15) is 0 Å². The summed E-state index contributed by atoms with van der Waals surface area (Å²) in [5, 5.41) is 1.33. The standard InChI is InChI=1S/C30H40N4OS/c1-32-16-9-21-36-31-30(35)25-14-15-26-27(22-25)34(20-19-33(2)18-17-32)29(24-12-7-4-8-13-24)28(26)23-10-5-3-6-11-23/h4,7-8,12-15,22-23H,3,5-6,9-11,16-21H2,1-2H3,(H,31,35). The van der Waals surface area contributed by atoms with Gasteiger partial charge in [-0.15, -0.1) is 0 Å². The van der Waals surface area contributed by atoms with E-state index in [1.54, 1.807) is 0 Å². The van der Waals surface area contributed by atoms with Crippen molar-refractivity contribution < 1.29 is 4.79 Å². The van der Waals surface area contributed by atoms with Crippen molar-refractivity contribution in [3.8, 4) is 11.3 Å². The highest BCUT2D eigenvalue weighted by molar-refractivity contribution is 7.97. The number of nitrogens with one attached hydrogen (secondary N) is 1. The van der Waals surface area contributed by atoms with E-state index >= 15 is 0 Å². The van der Waals surface area contributed by atoms with Gasteiger partial charge in [0.1, 0.15) is 0 Å². The number of hydrogen-bond donors (Lipinski definition) is 1. The molecule has 0 radical (unpaired) electrons. The Labute approximate surface area is 220 Å². The maximum absolute atomic E-state index is 13.1. The van der Waals surface area contributed by atoms with Gasteiger partial charge >= 0.3 is 0 Å². The molecule has 2 aliphatic rings. The molecule has 1 aliphatic carbocycles. The van der Waals surface area contributed by atoms with Crippen LogP contribution in [0.4, 0.5) is 0 Å². The molecule has 0 spiro atoms. The topological polar surface area (TPSA) is 40.5 Å². The summed E-state index contributed by atoms with van der Waals surface area (Å²) in [7, 11) is 4.44. The van der Waals surface area contributed by atoms with Crippen molar-refractivity contribution in [1.29, 1.82) is 0 Å². The summed E-state index contributed by atoms with van der Waals surface area (Å²) in [5.74, 6) is 1.51. The van der Waals surface area contributed by atoms with Crippen LogP contribution in [0.15, 0.2) is 48.5 Å². The molecular formula is C30H40N4OS. The number of nitrogens with zero attached hydrogens (tertiary/aromatic N) is 3. The lowest BCUT2D eigenvalue weighted by molar-refractivity contribution is 0.0984. The van der Waals surface area contributed by atoms with Crippen LogP contribution in [-0.4, -0.2) is 66.3 Å². The Bertz CT molecular complexity index is 1170. The third-order valence-electron chi connectivity index (χ3n) is 7.95. The molecular weight excluding hydrogens is 464 g/mol. The number of hydrogen-bond acceptors (Lipinski definition) is 4. The minimum atomic E-state index is 0.00712. The van der Waals surface area contributed by atoms with Crippen molar-refractivity contribution in [2.45, 2.75) is 51.0 Å². The Balaban J connectivity index is 1.64. The van der Waals surface area contributed by atoms with Gasteiger partial charge in [0.05, 0.1) is 5.69 Å². The van der Waals surface area contributed by atoms with Gasteiger partial charge in [0.15, 0.2) is 0 Å². The molecule has 5 rings (SSSR count). The highest BCUT2D eigenvalue weighted by Crippen LogP contribution is 2.44. The number of rotatable bonds is 2. The molecule has 1 amide bonds. The summed E-state index contributed by atoms with van der Waals surface area (Å²) in [6.07, 6.45) is 7.53. The Morgan fingerprint density at radius 2 is 1.53 bits per heavy atom. The van der Waals surface area contributed by atoms with E-state index in [2.05, 4.69) is 75.6 Å². The monoisotopic (exact) mass is 504 g/mol. The summed E-state index contributed by atoms with van der Waals surface area (Å²) in [6.45, 7) is 5.05. The van der Waals surface area contributed by atoms with Crippen molar-refractivity contribution >= 4 is 28.8 Å². The normalized spacial score (nSPS) is 20.1. The molecule has 192 valence electrons. The Morgan fingerprint density at radius 3 is 2.31 bits per heavy atom. The number of likely N-dealkylation sites (N-methyl/N-ethyl adjacent to an activating group) is 2. The molecule has 3 aromatic rings. The lowest BCUT2D eigenvalue weighted by Gasteiger charge is -2.25. The van der Waals surface area contributed by atoms with Gasteiger partial charge in [0.2, 0.25) is 0 Å². The van der Waals surface area contributed by atoms with Crippen LogP contribution >= 0.6 is 11.9 Å². The van der Waals surface area contributed by atoms with Gasteiger partial charge in [-0.1, -0.05) is 67.6 Å². The van der Waals surface area contributed by atoms with Crippen molar-refractivity contribution in [2.75, 3.05) is 46.0 Å². The maximum Gasteiger partial charge on any atom is 0.261 e. The Morgan fingerprint density at radius 1 is 0.806 bits per heavy atom. The fraction of sp³-hybridized carbons (Fsp3) is 0.500. The first-order valence-corrected chi connectivity index (χ1v) is 14.6. The zero-order valence-corrected chi connectivity index (χ0v) is 22.7. The van der Waals surface area contributed by atoms with Gasteiger partial charge in [0, 0.05) is 48.4 Å². The van der Waals surface area contributed by atoms with E-state index in [4.69, 9.17) is 0 Å². The largest absolute Gasteiger partial charge is 0.339 e. The number of carbonyl (C=O) groups is 1. The Kier molecular flexibility index (Phi) is 8.35. The van der Waals surface area contributed by atoms with Crippen LogP contribution in [0.5, 0.6) is 0 Å². The summed E-state index contributed by atoms with van der Waals surface area (Å²) in [4.78, 5) is 17.9. The van der Waals surface area contributed by atoms with Gasteiger partial charge < -0.3 is 14.4 Å². The lowest BCUT2D eigenvalue weighted by atomic mass is 9.82. The molecule has 1 fully saturated rings. The van der Waals surface area contributed by atoms with E-state index in [0.717, 1.165) is 50.5 Å². The minimum absolute atomic E-state index is 0.00712. The fourth-order valence-corrected chi connectivity index (χ4v) is 6.50. The lowest BCUT2D eigenvalue weighted by Crippen LogP contribution is -2.33. The van der Waals surface area contributed by atoms with Crippen LogP contribution in [0.2, 0.25) is 0 Å². The second kappa shape index (κ2) is 11.8. The van der Waals surface area contributed by atoms with Crippen LogP contribution in [0.1, 0.15) is 60.4 Å². The maximum atomic E-state index is 13.1. The number of amides is 1.